The molecule has 110 valence electrons. The first-order valence-corrected chi connectivity index (χ1v) is 7.20. The van der Waals surface area contributed by atoms with E-state index in [1.54, 1.807) is 7.11 Å². The third kappa shape index (κ3) is 1.68. The van der Waals surface area contributed by atoms with Gasteiger partial charge in [0.2, 0.25) is 11.6 Å². The van der Waals surface area contributed by atoms with Crippen LogP contribution in [0.5, 0.6) is 0 Å². The number of fused-ring (bicyclic) bond motifs is 1. The van der Waals surface area contributed by atoms with Gasteiger partial charge >= 0.3 is 0 Å². The number of aliphatic hydroxyl groups excluding tert-OH is 1. The molecule has 0 amide bonds. The number of hydrogen-bond acceptors (Lipinski definition) is 4. The maximum atomic E-state index is 12.9. The van der Waals surface area contributed by atoms with E-state index in [2.05, 4.69) is 19.9 Å². The number of carbonyl (C=O) groups excluding carboxylic acids is 1. The fourth-order valence-corrected chi connectivity index (χ4v) is 4.40. The number of carbonyl (C=O) groups is 1. The van der Waals surface area contributed by atoms with Gasteiger partial charge in [-0.1, -0.05) is 24.6 Å². The summed E-state index contributed by atoms with van der Waals surface area (Å²) in [6, 6.07) is 0. The molecule has 1 aliphatic heterocycles. The van der Waals surface area contributed by atoms with E-state index in [1.807, 2.05) is 6.08 Å². The highest BCUT2D eigenvalue weighted by molar-refractivity contribution is 6.02. The second kappa shape index (κ2) is 4.52. The largest absolute Gasteiger partial charge is 0.396 e. The van der Waals surface area contributed by atoms with Gasteiger partial charge in [0, 0.05) is 25.0 Å². The molecule has 3 aliphatic carbocycles. The summed E-state index contributed by atoms with van der Waals surface area (Å²) in [5.41, 5.74) is 1.75. The second-order valence-electron chi connectivity index (χ2n) is 6.52. The minimum absolute atomic E-state index is 0.0330. The van der Waals surface area contributed by atoms with Crippen LogP contribution in [0.3, 0.4) is 0 Å². The first-order chi connectivity index (χ1) is 9.47. The zero-order valence-corrected chi connectivity index (χ0v) is 12.3. The van der Waals surface area contributed by atoms with Crippen LogP contribution in [0.25, 0.3) is 0 Å². The highest BCUT2D eigenvalue weighted by Crippen LogP contribution is 2.57. The fourth-order valence-electron chi connectivity index (χ4n) is 4.40. The second-order valence-corrected chi connectivity index (χ2v) is 6.52. The molecule has 1 heterocycles. The van der Waals surface area contributed by atoms with Crippen molar-refractivity contribution in [3.05, 3.63) is 23.3 Å². The number of ketones is 1. The summed E-state index contributed by atoms with van der Waals surface area (Å²) in [6.07, 6.45) is 5.54. The van der Waals surface area contributed by atoms with Crippen LogP contribution >= 0.6 is 0 Å². The van der Waals surface area contributed by atoms with Gasteiger partial charge in [0.05, 0.1) is 6.61 Å². The van der Waals surface area contributed by atoms with Gasteiger partial charge < -0.3 is 14.6 Å². The molecule has 1 saturated heterocycles. The number of aliphatic hydroxyl groups is 1. The average Bonchev–Trinajstić information content (AvgIpc) is 2.72. The van der Waals surface area contributed by atoms with E-state index in [0.29, 0.717) is 18.6 Å². The molecule has 4 rings (SSSR count). The smallest absolute Gasteiger partial charge is 0.240 e. The van der Waals surface area contributed by atoms with Crippen LogP contribution in [0.1, 0.15) is 26.7 Å². The molecular formula is C16H22O4. The van der Waals surface area contributed by atoms with E-state index in [9.17, 15) is 9.90 Å². The van der Waals surface area contributed by atoms with Gasteiger partial charge in [0.25, 0.3) is 0 Å². The lowest BCUT2D eigenvalue weighted by Gasteiger charge is -2.44. The predicted octanol–water partition coefficient (Wildman–Crippen LogP) is 1.84. The molecule has 0 saturated carbocycles. The number of ether oxygens (including phenoxy) is 2. The molecule has 0 aromatic carbocycles. The number of rotatable bonds is 3. The highest BCUT2D eigenvalue weighted by atomic mass is 16.7. The maximum absolute atomic E-state index is 12.9. The van der Waals surface area contributed by atoms with Crippen LogP contribution in [-0.4, -0.2) is 37.0 Å². The Morgan fingerprint density at radius 3 is 2.90 bits per heavy atom. The van der Waals surface area contributed by atoms with E-state index >= 15 is 0 Å². The Labute approximate surface area is 119 Å². The van der Waals surface area contributed by atoms with Crippen LogP contribution in [0, 0.1) is 17.3 Å². The van der Waals surface area contributed by atoms with Crippen molar-refractivity contribution in [3.63, 3.8) is 0 Å². The summed E-state index contributed by atoms with van der Waals surface area (Å²) in [5.74, 6) is -1.11. The SMILES string of the molecule is CO[C@@]12OC[C@]3(C)C[C@@H](C=C(C)[C@@H]31)/C=C(/CCO)C2=O. The molecule has 0 spiro atoms. The number of methoxy groups -OCH3 is 1. The van der Waals surface area contributed by atoms with Gasteiger partial charge in [0.15, 0.2) is 0 Å². The van der Waals surface area contributed by atoms with Gasteiger partial charge in [-0.15, -0.1) is 0 Å². The zero-order valence-electron chi connectivity index (χ0n) is 12.3. The minimum atomic E-state index is -1.21. The van der Waals surface area contributed by atoms with E-state index < -0.39 is 5.79 Å². The van der Waals surface area contributed by atoms with Crippen molar-refractivity contribution < 1.29 is 19.4 Å². The molecule has 1 N–H and O–H groups in total. The lowest BCUT2D eigenvalue weighted by molar-refractivity contribution is -0.207. The van der Waals surface area contributed by atoms with Gasteiger partial charge in [-0.3, -0.25) is 4.79 Å². The quantitative estimate of drug-likeness (QED) is 0.800. The van der Waals surface area contributed by atoms with Crippen molar-refractivity contribution in [2.45, 2.75) is 32.5 Å². The molecule has 1 fully saturated rings. The Kier molecular flexibility index (Phi) is 3.16. The van der Waals surface area contributed by atoms with E-state index in [4.69, 9.17) is 9.47 Å². The molecule has 0 unspecified atom stereocenters. The van der Waals surface area contributed by atoms with Crippen molar-refractivity contribution in [1.29, 1.82) is 0 Å². The fraction of sp³-hybridized carbons (Fsp3) is 0.688. The van der Waals surface area contributed by atoms with Crippen LogP contribution < -0.4 is 0 Å². The summed E-state index contributed by atoms with van der Waals surface area (Å²) >= 11 is 0. The Morgan fingerprint density at radius 1 is 1.50 bits per heavy atom. The molecule has 4 atom stereocenters. The van der Waals surface area contributed by atoms with Gasteiger partial charge in [0.1, 0.15) is 0 Å². The topological polar surface area (TPSA) is 55.8 Å². The molecule has 20 heavy (non-hydrogen) atoms. The van der Waals surface area contributed by atoms with Crippen LogP contribution in [0.2, 0.25) is 0 Å². The van der Waals surface area contributed by atoms with Crippen molar-refractivity contribution in [3.8, 4) is 0 Å². The Hall–Kier alpha value is -0.970. The summed E-state index contributed by atoms with van der Waals surface area (Å²) < 4.78 is 11.6. The van der Waals surface area contributed by atoms with Crippen molar-refractivity contribution >= 4 is 5.78 Å². The Bertz CT molecular complexity index is 507. The van der Waals surface area contributed by atoms with Crippen molar-refractivity contribution in [2.24, 2.45) is 17.3 Å². The average molecular weight is 278 g/mol. The predicted molar refractivity (Wildman–Crippen MR) is 73.9 cm³/mol. The maximum Gasteiger partial charge on any atom is 0.240 e. The molecule has 0 aromatic heterocycles. The number of Topliss-reactive ketones (excluding diaryl/α,β-unsaturated/α-hetero) is 1. The molecule has 4 nitrogen and oxygen atoms in total. The summed E-state index contributed by atoms with van der Waals surface area (Å²) in [7, 11) is 1.54. The van der Waals surface area contributed by atoms with Gasteiger partial charge in [-0.25, -0.2) is 0 Å². The van der Waals surface area contributed by atoms with Crippen LogP contribution in [0.4, 0.5) is 0 Å². The molecule has 4 heteroatoms. The third-order valence-electron chi connectivity index (χ3n) is 5.04. The molecule has 4 bridgehead atoms. The zero-order chi connectivity index (χ0) is 14.5. The number of allylic oxidation sites excluding steroid dienone is 2. The molecule has 0 radical (unpaired) electrons. The Morgan fingerprint density at radius 2 is 2.25 bits per heavy atom. The summed E-state index contributed by atoms with van der Waals surface area (Å²) in [4.78, 5) is 12.9. The molecule has 4 aliphatic rings. The highest BCUT2D eigenvalue weighted by Gasteiger charge is 2.63. The van der Waals surface area contributed by atoms with Crippen molar-refractivity contribution in [2.75, 3.05) is 20.3 Å². The van der Waals surface area contributed by atoms with E-state index in [-0.39, 0.29) is 29.6 Å². The number of hydrogen-bond donors (Lipinski definition) is 1. The monoisotopic (exact) mass is 278 g/mol. The molecular weight excluding hydrogens is 256 g/mol. The standard InChI is InChI=1S/C16H22O4/c1-10-6-11-7-12(4-5-17)14(18)16(19-3)13(10)15(2,8-11)9-20-16/h6-7,11,13,17H,4-5,8-9H2,1-3H3/b12-7-/t11-,13-,15-,16+/m0/s1. The van der Waals surface area contributed by atoms with Crippen LogP contribution in [-0.2, 0) is 14.3 Å². The Balaban J connectivity index is 2.18. The van der Waals surface area contributed by atoms with Crippen LogP contribution in [0.15, 0.2) is 23.3 Å². The summed E-state index contributed by atoms with van der Waals surface area (Å²) in [5, 5.41) is 9.21. The first-order valence-electron chi connectivity index (χ1n) is 7.20. The van der Waals surface area contributed by atoms with E-state index in [1.165, 1.54) is 5.57 Å². The normalized spacial score (nSPS) is 45.7. The van der Waals surface area contributed by atoms with Gasteiger partial charge in [-0.2, -0.15) is 0 Å². The lowest BCUT2D eigenvalue weighted by Crippen LogP contribution is -2.52. The third-order valence-corrected chi connectivity index (χ3v) is 5.04. The lowest BCUT2D eigenvalue weighted by atomic mass is 9.60. The first kappa shape index (κ1) is 14.0. The summed E-state index contributed by atoms with van der Waals surface area (Å²) in [6.45, 7) is 4.75. The van der Waals surface area contributed by atoms with Gasteiger partial charge in [-0.05, 0) is 31.3 Å². The van der Waals surface area contributed by atoms with E-state index in [0.717, 1.165) is 6.42 Å². The van der Waals surface area contributed by atoms with Crippen molar-refractivity contribution in [1.82, 2.24) is 0 Å². The molecule has 0 aromatic rings. The minimum Gasteiger partial charge on any atom is -0.396 e.